The Morgan fingerprint density at radius 1 is 0.839 bits per heavy atom. The van der Waals surface area contributed by atoms with Gasteiger partial charge in [0.25, 0.3) is 5.91 Å². The van der Waals surface area contributed by atoms with Gasteiger partial charge in [0.05, 0.1) is 6.61 Å². The number of amides is 1. The molecule has 0 aliphatic heterocycles. The summed E-state index contributed by atoms with van der Waals surface area (Å²) in [7, 11) is 0. The number of ether oxygens (including phenoxy) is 3. The smallest absolute Gasteiger partial charge is 0.344 e. The highest BCUT2D eigenvalue weighted by molar-refractivity contribution is 5.98. The third kappa shape index (κ3) is 6.34. The number of para-hydroxylation sites is 1. The number of nitrogens with one attached hydrogen (secondary N) is 1. The van der Waals surface area contributed by atoms with Gasteiger partial charge in [-0.1, -0.05) is 48.5 Å². The van der Waals surface area contributed by atoms with Gasteiger partial charge < -0.3 is 19.5 Å². The molecule has 0 saturated heterocycles. The van der Waals surface area contributed by atoms with Crippen molar-refractivity contribution in [2.24, 2.45) is 0 Å². The maximum Gasteiger partial charge on any atom is 0.344 e. The molecule has 0 aliphatic carbocycles. The molecule has 0 radical (unpaired) electrons. The second kappa shape index (κ2) is 10.8. The predicted molar refractivity (Wildman–Crippen MR) is 119 cm³/mol. The van der Waals surface area contributed by atoms with E-state index in [0.29, 0.717) is 18.0 Å². The van der Waals surface area contributed by atoms with E-state index >= 15 is 0 Å². The molecular weight excluding hydrogens is 394 g/mol. The van der Waals surface area contributed by atoms with E-state index in [1.807, 2.05) is 61.5 Å². The SMILES string of the molecule is CCOc1ccc(OCC(=O)O[C@H](C)C(=O)Nc2ccccc2-c2ccccc2)cc1. The highest BCUT2D eigenvalue weighted by atomic mass is 16.6. The fourth-order valence-electron chi connectivity index (χ4n) is 2.92. The van der Waals surface area contributed by atoms with Gasteiger partial charge in [0, 0.05) is 11.3 Å². The van der Waals surface area contributed by atoms with Gasteiger partial charge in [0.15, 0.2) is 12.7 Å². The van der Waals surface area contributed by atoms with Crippen molar-refractivity contribution in [2.45, 2.75) is 20.0 Å². The summed E-state index contributed by atoms with van der Waals surface area (Å²) in [5.41, 5.74) is 2.51. The molecule has 0 aromatic heterocycles. The number of benzene rings is 3. The summed E-state index contributed by atoms with van der Waals surface area (Å²) in [5.74, 6) is 0.179. The summed E-state index contributed by atoms with van der Waals surface area (Å²) >= 11 is 0. The Bertz CT molecular complexity index is 1000. The molecule has 6 nitrogen and oxygen atoms in total. The zero-order valence-corrected chi connectivity index (χ0v) is 17.5. The van der Waals surface area contributed by atoms with Crippen molar-refractivity contribution >= 4 is 17.6 Å². The summed E-state index contributed by atoms with van der Waals surface area (Å²) < 4.78 is 16.0. The Morgan fingerprint density at radius 2 is 1.45 bits per heavy atom. The van der Waals surface area contributed by atoms with Crippen molar-refractivity contribution in [3.8, 4) is 22.6 Å². The van der Waals surface area contributed by atoms with E-state index in [-0.39, 0.29) is 6.61 Å². The van der Waals surface area contributed by atoms with E-state index < -0.39 is 18.0 Å². The van der Waals surface area contributed by atoms with Crippen LogP contribution in [0.25, 0.3) is 11.1 Å². The average molecular weight is 419 g/mol. The van der Waals surface area contributed by atoms with Crippen LogP contribution in [0.15, 0.2) is 78.9 Å². The highest BCUT2D eigenvalue weighted by Gasteiger charge is 2.19. The summed E-state index contributed by atoms with van der Waals surface area (Å²) in [5, 5.41) is 2.84. The topological polar surface area (TPSA) is 73.9 Å². The van der Waals surface area contributed by atoms with Gasteiger partial charge in [-0.25, -0.2) is 4.79 Å². The molecule has 1 atom stereocenters. The Labute approximate surface area is 181 Å². The number of carbonyl (C=O) groups excluding carboxylic acids is 2. The van der Waals surface area contributed by atoms with Crippen LogP contribution in [-0.4, -0.2) is 31.2 Å². The van der Waals surface area contributed by atoms with E-state index in [1.165, 1.54) is 6.92 Å². The molecule has 31 heavy (non-hydrogen) atoms. The molecule has 0 aliphatic rings. The summed E-state index contributed by atoms with van der Waals surface area (Å²) in [6.07, 6.45) is -0.972. The van der Waals surface area contributed by atoms with Crippen LogP contribution in [-0.2, 0) is 14.3 Å². The minimum Gasteiger partial charge on any atom is -0.494 e. The monoisotopic (exact) mass is 419 g/mol. The molecule has 0 heterocycles. The van der Waals surface area contributed by atoms with Crippen LogP contribution in [0.4, 0.5) is 5.69 Å². The first-order chi connectivity index (χ1) is 15.1. The van der Waals surface area contributed by atoms with Crippen LogP contribution in [0.1, 0.15) is 13.8 Å². The van der Waals surface area contributed by atoms with Crippen LogP contribution >= 0.6 is 0 Å². The highest BCUT2D eigenvalue weighted by Crippen LogP contribution is 2.27. The van der Waals surface area contributed by atoms with Crippen molar-refractivity contribution in [2.75, 3.05) is 18.5 Å². The van der Waals surface area contributed by atoms with Gasteiger partial charge in [-0.05, 0) is 49.7 Å². The van der Waals surface area contributed by atoms with Gasteiger partial charge in [-0.2, -0.15) is 0 Å². The predicted octanol–water partition coefficient (Wildman–Crippen LogP) is 4.70. The van der Waals surface area contributed by atoms with E-state index in [1.54, 1.807) is 24.3 Å². The molecular formula is C25H25NO5. The molecule has 1 N–H and O–H groups in total. The maximum absolute atomic E-state index is 12.6. The van der Waals surface area contributed by atoms with Crippen molar-refractivity contribution in [3.05, 3.63) is 78.9 Å². The number of hydrogen-bond acceptors (Lipinski definition) is 5. The van der Waals surface area contributed by atoms with Gasteiger partial charge >= 0.3 is 5.97 Å². The molecule has 3 aromatic rings. The minimum absolute atomic E-state index is 0.299. The lowest BCUT2D eigenvalue weighted by molar-refractivity contribution is -0.155. The molecule has 3 rings (SSSR count). The number of esters is 1. The Morgan fingerprint density at radius 3 is 2.13 bits per heavy atom. The number of anilines is 1. The Hall–Kier alpha value is -3.80. The molecule has 1 amide bonds. The lowest BCUT2D eigenvalue weighted by atomic mass is 10.0. The second-order valence-corrected chi connectivity index (χ2v) is 6.73. The summed E-state index contributed by atoms with van der Waals surface area (Å²) in [4.78, 5) is 24.7. The quantitative estimate of drug-likeness (QED) is 0.509. The van der Waals surface area contributed by atoms with Crippen LogP contribution in [0.5, 0.6) is 11.5 Å². The van der Waals surface area contributed by atoms with E-state index in [2.05, 4.69) is 5.32 Å². The fourth-order valence-corrected chi connectivity index (χ4v) is 2.92. The van der Waals surface area contributed by atoms with Crippen molar-refractivity contribution < 1.29 is 23.8 Å². The van der Waals surface area contributed by atoms with Gasteiger partial charge in [-0.3, -0.25) is 4.79 Å². The molecule has 0 fully saturated rings. The lowest BCUT2D eigenvalue weighted by Gasteiger charge is -2.16. The van der Waals surface area contributed by atoms with E-state index in [4.69, 9.17) is 14.2 Å². The van der Waals surface area contributed by atoms with E-state index in [0.717, 1.165) is 16.9 Å². The van der Waals surface area contributed by atoms with Gasteiger partial charge in [0.1, 0.15) is 11.5 Å². The minimum atomic E-state index is -0.972. The molecule has 3 aromatic carbocycles. The molecule has 0 unspecified atom stereocenters. The molecule has 160 valence electrons. The van der Waals surface area contributed by atoms with Crippen LogP contribution in [0.2, 0.25) is 0 Å². The van der Waals surface area contributed by atoms with Crippen LogP contribution < -0.4 is 14.8 Å². The summed E-state index contributed by atoms with van der Waals surface area (Å²) in [6, 6.07) is 24.1. The first-order valence-electron chi connectivity index (χ1n) is 10.1. The van der Waals surface area contributed by atoms with Gasteiger partial charge in [-0.15, -0.1) is 0 Å². The number of rotatable bonds is 9. The zero-order chi connectivity index (χ0) is 22.1. The molecule has 0 spiro atoms. The van der Waals surface area contributed by atoms with Crippen LogP contribution in [0.3, 0.4) is 0 Å². The third-order valence-corrected chi connectivity index (χ3v) is 4.44. The maximum atomic E-state index is 12.6. The van der Waals surface area contributed by atoms with E-state index in [9.17, 15) is 9.59 Å². The standard InChI is InChI=1S/C25H25NO5/c1-3-29-20-13-15-21(16-14-20)30-17-24(27)31-18(2)25(28)26-23-12-8-7-11-22(23)19-9-5-4-6-10-19/h4-16,18H,3,17H2,1-2H3,(H,26,28)/t18-/m1/s1. The lowest BCUT2D eigenvalue weighted by Crippen LogP contribution is -2.31. The van der Waals surface area contributed by atoms with Crippen molar-refractivity contribution in [1.82, 2.24) is 0 Å². The zero-order valence-electron chi connectivity index (χ0n) is 17.5. The molecule has 0 bridgehead atoms. The number of hydrogen-bond donors (Lipinski definition) is 1. The third-order valence-electron chi connectivity index (χ3n) is 4.44. The average Bonchev–Trinajstić information content (AvgIpc) is 2.79. The Kier molecular flexibility index (Phi) is 7.65. The fraction of sp³-hybridized carbons (Fsp3) is 0.200. The largest absolute Gasteiger partial charge is 0.494 e. The Balaban J connectivity index is 1.53. The van der Waals surface area contributed by atoms with Crippen molar-refractivity contribution in [3.63, 3.8) is 0 Å². The first-order valence-corrected chi connectivity index (χ1v) is 10.1. The molecule has 6 heteroatoms. The summed E-state index contributed by atoms with van der Waals surface area (Å²) in [6.45, 7) is 3.70. The normalized spacial score (nSPS) is 11.3. The second-order valence-electron chi connectivity index (χ2n) is 6.73. The number of carbonyl (C=O) groups is 2. The first kappa shape index (κ1) is 21.9. The van der Waals surface area contributed by atoms with Crippen LogP contribution in [0, 0.1) is 0 Å². The van der Waals surface area contributed by atoms with Gasteiger partial charge in [0.2, 0.25) is 0 Å². The van der Waals surface area contributed by atoms with Crippen molar-refractivity contribution in [1.29, 1.82) is 0 Å². The molecule has 0 saturated carbocycles.